The highest BCUT2D eigenvalue weighted by Crippen LogP contribution is 2.14. The summed E-state index contributed by atoms with van der Waals surface area (Å²) < 4.78 is 0. The van der Waals surface area contributed by atoms with Crippen LogP contribution < -0.4 is 5.73 Å². The molecule has 0 saturated carbocycles. The Morgan fingerprint density at radius 1 is 0.759 bits per heavy atom. The van der Waals surface area contributed by atoms with Crippen LogP contribution in [-0.2, 0) is 19.6 Å². The van der Waals surface area contributed by atoms with Gasteiger partial charge in [-0.1, -0.05) is 43.8 Å². The van der Waals surface area contributed by atoms with Crippen molar-refractivity contribution < 1.29 is 0 Å². The van der Waals surface area contributed by atoms with Crippen LogP contribution in [0.3, 0.4) is 0 Å². The van der Waals surface area contributed by atoms with Crippen LogP contribution in [0, 0.1) is 11.3 Å². The molecule has 29 heavy (non-hydrogen) atoms. The Kier molecular flexibility index (Phi) is 9.87. The lowest BCUT2D eigenvalue weighted by Crippen LogP contribution is -2.18. The van der Waals surface area contributed by atoms with Gasteiger partial charge in [-0.15, -0.1) is 0 Å². The monoisotopic (exact) mass is 392 g/mol. The van der Waals surface area contributed by atoms with E-state index in [1.54, 1.807) is 0 Å². The van der Waals surface area contributed by atoms with E-state index in [0.29, 0.717) is 6.54 Å². The Morgan fingerprint density at radius 2 is 1.24 bits per heavy atom. The fraction of sp³-hybridized carbons (Fsp3) is 0.480. The van der Waals surface area contributed by atoms with Crippen LogP contribution in [0.1, 0.15) is 55.4 Å². The lowest BCUT2D eigenvalue weighted by Gasteiger charge is -2.14. The smallest absolute Gasteiger partial charge is 0.0991 e. The number of nitrogens with two attached hydrogens (primary N) is 1. The first kappa shape index (κ1) is 23.1. The molecule has 2 fully saturated rings. The zero-order valence-electron chi connectivity index (χ0n) is 16.8. The molecule has 2 aromatic carbocycles. The minimum absolute atomic E-state index is 0. The normalized spacial score (nSPS) is 16.6. The van der Waals surface area contributed by atoms with Crippen LogP contribution in [0.25, 0.3) is 0 Å². The molecule has 0 aromatic heterocycles. The summed E-state index contributed by atoms with van der Waals surface area (Å²) in [5.74, 6) is 0. The van der Waals surface area contributed by atoms with Crippen molar-refractivity contribution in [1.29, 1.82) is 5.26 Å². The average Bonchev–Trinajstić information content (AvgIpc) is 3.43. The second-order valence-electron chi connectivity index (χ2n) is 7.80. The quantitative estimate of drug-likeness (QED) is 0.812. The van der Waals surface area contributed by atoms with Gasteiger partial charge in [0.25, 0.3) is 0 Å². The number of nitrogens with zero attached hydrogens (tertiary/aromatic N) is 3. The molecule has 2 aliphatic heterocycles. The van der Waals surface area contributed by atoms with E-state index in [4.69, 9.17) is 11.0 Å². The third kappa shape index (κ3) is 7.62. The minimum Gasteiger partial charge on any atom is -0.326 e. The summed E-state index contributed by atoms with van der Waals surface area (Å²) in [6, 6.07) is 18.7. The Labute approximate surface area is 176 Å². The van der Waals surface area contributed by atoms with Crippen molar-refractivity contribution >= 4 is 0 Å². The molecule has 2 saturated heterocycles. The zero-order chi connectivity index (χ0) is 19.6. The molecule has 0 amide bonds. The first-order valence-corrected chi connectivity index (χ1v) is 10.5. The van der Waals surface area contributed by atoms with Gasteiger partial charge in [0.05, 0.1) is 11.6 Å². The standard InChI is InChI=1S/C12H18N2.C12H14N2.CH4/c2*13-9-11-4-3-5-12(8-11)10-14-6-1-2-7-14;/h3-5,8H,1-2,6-7,9-10,13H2;3-5,8H,1-2,6-7,10H2;1H4. The van der Waals surface area contributed by atoms with Gasteiger partial charge in [0.2, 0.25) is 0 Å². The molecule has 0 spiro atoms. The molecule has 2 heterocycles. The highest BCUT2D eigenvalue weighted by molar-refractivity contribution is 5.32. The average molecular weight is 393 g/mol. The van der Waals surface area contributed by atoms with Crippen molar-refractivity contribution in [3.8, 4) is 6.07 Å². The van der Waals surface area contributed by atoms with Gasteiger partial charge in [0, 0.05) is 19.6 Å². The summed E-state index contributed by atoms with van der Waals surface area (Å²) in [5, 5.41) is 8.76. The first-order valence-electron chi connectivity index (χ1n) is 10.5. The molecule has 2 aliphatic rings. The molecule has 156 valence electrons. The molecule has 2 aromatic rings. The molecule has 2 N–H and O–H groups in total. The summed E-state index contributed by atoms with van der Waals surface area (Å²) in [5.41, 5.74) is 10.3. The number of hydrogen-bond acceptors (Lipinski definition) is 4. The summed E-state index contributed by atoms with van der Waals surface area (Å²) in [6.45, 7) is 7.66. The Balaban J connectivity index is 0.000000200. The molecule has 0 unspecified atom stereocenters. The molecule has 0 aliphatic carbocycles. The van der Waals surface area contributed by atoms with Crippen molar-refractivity contribution in [3.05, 3.63) is 70.8 Å². The molecule has 0 radical (unpaired) electrons. The lowest BCUT2D eigenvalue weighted by atomic mass is 10.1. The van der Waals surface area contributed by atoms with Gasteiger partial charge in [-0.2, -0.15) is 5.26 Å². The van der Waals surface area contributed by atoms with E-state index in [0.717, 1.165) is 18.7 Å². The van der Waals surface area contributed by atoms with Crippen molar-refractivity contribution in [2.24, 2.45) is 5.73 Å². The Bertz CT molecular complexity index is 768. The lowest BCUT2D eigenvalue weighted by molar-refractivity contribution is 0.331. The van der Waals surface area contributed by atoms with Gasteiger partial charge >= 0.3 is 0 Å². The zero-order valence-corrected chi connectivity index (χ0v) is 16.8. The molecular formula is C25H36N4. The highest BCUT2D eigenvalue weighted by atomic mass is 15.1. The third-order valence-corrected chi connectivity index (χ3v) is 5.49. The van der Waals surface area contributed by atoms with Crippen molar-refractivity contribution in [2.45, 2.75) is 52.7 Å². The van der Waals surface area contributed by atoms with Crippen LogP contribution in [-0.4, -0.2) is 36.0 Å². The predicted octanol–water partition coefficient (Wildman–Crippen LogP) is 4.53. The maximum atomic E-state index is 8.76. The topological polar surface area (TPSA) is 56.3 Å². The minimum atomic E-state index is 0. The van der Waals surface area contributed by atoms with Crippen LogP contribution in [0.5, 0.6) is 0 Å². The van der Waals surface area contributed by atoms with E-state index in [-0.39, 0.29) is 7.43 Å². The molecule has 0 atom stereocenters. The maximum absolute atomic E-state index is 8.76. The van der Waals surface area contributed by atoms with Gasteiger partial charge in [-0.25, -0.2) is 0 Å². The van der Waals surface area contributed by atoms with Gasteiger partial charge < -0.3 is 5.73 Å². The van der Waals surface area contributed by atoms with Crippen LogP contribution in [0.4, 0.5) is 0 Å². The fourth-order valence-electron chi connectivity index (χ4n) is 3.99. The first-order chi connectivity index (χ1) is 13.8. The van der Waals surface area contributed by atoms with E-state index < -0.39 is 0 Å². The maximum Gasteiger partial charge on any atom is 0.0991 e. The van der Waals surface area contributed by atoms with E-state index in [2.05, 4.69) is 46.2 Å². The number of nitriles is 1. The Morgan fingerprint density at radius 3 is 1.76 bits per heavy atom. The third-order valence-electron chi connectivity index (χ3n) is 5.49. The van der Waals surface area contributed by atoms with Crippen molar-refractivity contribution in [3.63, 3.8) is 0 Å². The van der Waals surface area contributed by atoms with Crippen molar-refractivity contribution in [1.82, 2.24) is 9.80 Å². The van der Waals surface area contributed by atoms with Gasteiger partial charge in [-0.3, -0.25) is 9.80 Å². The molecule has 4 nitrogen and oxygen atoms in total. The van der Waals surface area contributed by atoms with Crippen LogP contribution in [0.15, 0.2) is 48.5 Å². The van der Waals surface area contributed by atoms with E-state index in [1.165, 1.54) is 68.6 Å². The fourth-order valence-corrected chi connectivity index (χ4v) is 3.99. The second-order valence-corrected chi connectivity index (χ2v) is 7.80. The largest absolute Gasteiger partial charge is 0.326 e. The molecule has 0 bridgehead atoms. The summed E-state index contributed by atoms with van der Waals surface area (Å²) in [6.07, 6.45) is 5.35. The van der Waals surface area contributed by atoms with Gasteiger partial charge in [0.15, 0.2) is 0 Å². The number of hydrogen-bond donors (Lipinski definition) is 1. The predicted molar refractivity (Wildman–Crippen MR) is 121 cm³/mol. The van der Waals surface area contributed by atoms with Crippen LogP contribution in [0.2, 0.25) is 0 Å². The molecule has 4 rings (SSSR count). The number of rotatable bonds is 5. The van der Waals surface area contributed by atoms with Crippen LogP contribution >= 0.6 is 0 Å². The molecule has 4 heteroatoms. The van der Waals surface area contributed by atoms with E-state index in [1.807, 2.05) is 18.2 Å². The summed E-state index contributed by atoms with van der Waals surface area (Å²) in [4.78, 5) is 4.95. The second kappa shape index (κ2) is 12.4. The molecular weight excluding hydrogens is 356 g/mol. The van der Waals surface area contributed by atoms with Gasteiger partial charge in [-0.05, 0) is 80.7 Å². The van der Waals surface area contributed by atoms with E-state index in [9.17, 15) is 0 Å². The summed E-state index contributed by atoms with van der Waals surface area (Å²) in [7, 11) is 0. The number of benzene rings is 2. The van der Waals surface area contributed by atoms with Gasteiger partial charge in [0.1, 0.15) is 0 Å². The van der Waals surface area contributed by atoms with Crippen molar-refractivity contribution in [2.75, 3.05) is 26.2 Å². The summed E-state index contributed by atoms with van der Waals surface area (Å²) >= 11 is 0. The van der Waals surface area contributed by atoms with E-state index >= 15 is 0 Å². The SMILES string of the molecule is C.N#Cc1cccc(CN2CCCC2)c1.NCc1cccc(CN2CCCC2)c1. The highest BCUT2D eigenvalue weighted by Gasteiger charge is 2.12. The Hall–Kier alpha value is -2.19. The number of likely N-dealkylation sites (tertiary alicyclic amines) is 2.